The standard InChI is InChI=1S/C49H29N5S/c1-3-14-30(15-4-1)46-50-47(52-48(51-46)38-28-31-16-7-8-19-34(31)35-20-9-10-21-36(35)38)32-26-27-40-39(29-32)44-37-22-13-25-43-45(37)54(41-23-11-12-24-42(41)55-43)49(44)53(40)33-17-5-2-6-18-33/h1-29H. The Hall–Kier alpha value is -7.02. The Balaban J connectivity index is 1.17. The minimum atomic E-state index is 0.637. The maximum Gasteiger partial charge on any atom is 0.164 e. The van der Waals surface area contributed by atoms with Crippen LogP contribution in [0, 0.1) is 0 Å². The molecule has 8 aromatic carbocycles. The van der Waals surface area contributed by atoms with E-state index in [4.69, 9.17) is 15.0 Å². The highest BCUT2D eigenvalue weighted by Gasteiger charge is 2.28. The van der Waals surface area contributed by atoms with Crippen molar-refractivity contribution in [1.29, 1.82) is 0 Å². The maximum atomic E-state index is 5.31. The number of benzene rings is 8. The highest BCUT2D eigenvalue weighted by molar-refractivity contribution is 7.99. The van der Waals surface area contributed by atoms with Crippen LogP contribution < -0.4 is 0 Å². The molecule has 0 saturated heterocycles. The van der Waals surface area contributed by atoms with Crippen LogP contribution in [0.15, 0.2) is 186 Å². The first kappa shape index (κ1) is 30.4. The maximum absolute atomic E-state index is 5.31. The summed E-state index contributed by atoms with van der Waals surface area (Å²) in [6.07, 6.45) is 0. The molecule has 5 nitrogen and oxygen atoms in total. The summed E-state index contributed by atoms with van der Waals surface area (Å²) in [6.45, 7) is 0. The van der Waals surface area contributed by atoms with Crippen LogP contribution in [-0.2, 0) is 0 Å². The zero-order chi connectivity index (χ0) is 36.0. The molecule has 55 heavy (non-hydrogen) atoms. The van der Waals surface area contributed by atoms with Gasteiger partial charge in [0.05, 0.1) is 16.7 Å². The third-order valence-electron chi connectivity index (χ3n) is 10.9. The van der Waals surface area contributed by atoms with Crippen molar-refractivity contribution in [3.63, 3.8) is 0 Å². The van der Waals surface area contributed by atoms with Gasteiger partial charge in [0.25, 0.3) is 0 Å². The molecule has 11 aromatic rings. The van der Waals surface area contributed by atoms with E-state index in [0.29, 0.717) is 17.5 Å². The third-order valence-corrected chi connectivity index (χ3v) is 12.0. The van der Waals surface area contributed by atoms with Gasteiger partial charge in [0, 0.05) is 48.3 Å². The summed E-state index contributed by atoms with van der Waals surface area (Å²) >= 11 is 1.84. The number of nitrogens with zero attached hydrogens (tertiary/aromatic N) is 5. The van der Waals surface area contributed by atoms with Gasteiger partial charge in [-0.15, -0.1) is 0 Å². The second-order valence-electron chi connectivity index (χ2n) is 14.0. The van der Waals surface area contributed by atoms with Crippen LogP contribution >= 0.6 is 11.8 Å². The lowest BCUT2D eigenvalue weighted by Crippen LogP contribution is -2.05. The summed E-state index contributed by atoms with van der Waals surface area (Å²) in [5.74, 6) is 1.93. The van der Waals surface area contributed by atoms with Gasteiger partial charge in [-0.1, -0.05) is 133 Å². The van der Waals surface area contributed by atoms with E-state index >= 15 is 0 Å². The Kier molecular flexibility index (Phi) is 6.50. The number of rotatable bonds is 4. The fraction of sp³-hybridized carbons (Fsp3) is 0. The van der Waals surface area contributed by atoms with Crippen molar-refractivity contribution in [3.8, 4) is 45.5 Å². The van der Waals surface area contributed by atoms with E-state index in [1.807, 2.05) is 30.0 Å². The van der Waals surface area contributed by atoms with Crippen molar-refractivity contribution in [2.75, 3.05) is 0 Å². The van der Waals surface area contributed by atoms with Crippen molar-refractivity contribution in [2.45, 2.75) is 9.79 Å². The number of hydrogen-bond donors (Lipinski definition) is 0. The van der Waals surface area contributed by atoms with Gasteiger partial charge in [-0.05, 0) is 76.1 Å². The number of fused-ring (bicyclic) bond motifs is 10. The van der Waals surface area contributed by atoms with Gasteiger partial charge in [0.1, 0.15) is 5.65 Å². The molecule has 0 amide bonds. The second-order valence-corrected chi connectivity index (χ2v) is 15.1. The molecule has 4 heterocycles. The molecule has 0 radical (unpaired) electrons. The zero-order valence-electron chi connectivity index (χ0n) is 29.4. The summed E-state index contributed by atoms with van der Waals surface area (Å²) < 4.78 is 4.89. The van der Waals surface area contributed by atoms with E-state index < -0.39 is 0 Å². The first-order chi connectivity index (χ1) is 27.3. The van der Waals surface area contributed by atoms with Gasteiger partial charge in [0.2, 0.25) is 0 Å². The van der Waals surface area contributed by atoms with Crippen LogP contribution in [0.3, 0.4) is 0 Å². The Morgan fingerprint density at radius 2 is 1.07 bits per heavy atom. The third kappa shape index (κ3) is 4.52. The first-order valence-electron chi connectivity index (χ1n) is 18.5. The van der Waals surface area contributed by atoms with Crippen LogP contribution in [0.4, 0.5) is 0 Å². The Bertz CT molecular complexity index is 3350. The molecule has 12 rings (SSSR count). The monoisotopic (exact) mass is 719 g/mol. The van der Waals surface area contributed by atoms with Crippen molar-refractivity contribution >= 4 is 66.1 Å². The minimum Gasteiger partial charge on any atom is -0.295 e. The van der Waals surface area contributed by atoms with Crippen molar-refractivity contribution in [2.24, 2.45) is 0 Å². The number of para-hydroxylation sites is 3. The van der Waals surface area contributed by atoms with Crippen molar-refractivity contribution in [3.05, 3.63) is 176 Å². The van der Waals surface area contributed by atoms with Gasteiger partial charge in [-0.25, -0.2) is 15.0 Å². The lowest BCUT2D eigenvalue weighted by atomic mass is 9.97. The Labute approximate surface area is 320 Å². The molecular formula is C49H29N5S. The molecule has 3 aromatic heterocycles. The largest absolute Gasteiger partial charge is 0.295 e. The quantitative estimate of drug-likeness (QED) is 0.170. The molecule has 256 valence electrons. The summed E-state index contributed by atoms with van der Waals surface area (Å²) in [6, 6.07) is 62.4. The van der Waals surface area contributed by atoms with E-state index in [1.165, 1.54) is 42.5 Å². The lowest BCUT2D eigenvalue weighted by Gasteiger charge is -2.21. The van der Waals surface area contributed by atoms with E-state index in [9.17, 15) is 0 Å². The topological polar surface area (TPSA) is 48.5 Å². The Morgan fingerprint density at radius 3 is 1.93 bits per heavy atom. The van der Waals surface area contributed by atoms with E-state index in [1.54, 1.807) is 0 Å². The van der Waals surface area contributed by atoms with E-state index in [2.05, 4.69) is 167 Å². The summed E-state index contributed by atoms with van der Waals surface area (Å²) in [5, 5.41) is 8.26. The van der Waals surface area contributed by atoms with Crippen LogP contribution in [0.25, 0.3) is 99.9 Å². The molecule has 6 heteroatoms. The molecular weight excluding hydrogens is 691 g/mol. The highest BCUT2D eigenvalue weighted by atomic mass is 32.2. The van der Waals surface area contributed by atoms with Gasteiger partial charge < -0.3 is 0 Å². The molecule has 0 spiro atoms. The number of aromatic nitrogens is 5. The zero-order valence-corrected chi connectivity index (χ0v) is 30.2. The summed E-state index contributed by atoms with van der Waals surface area (Å²) in [7, 11) is 0. The molecule has 0 aliphatic carbocycles. The van der Waals surface area contributed by atoms with Gasteiger partial charge in [-0.3, -0.25) is 9.13 Å². The second kappa shape index (κ2) is 11.7. The predicted molar refractivity (Wildman–Crippen MR) is 226 cm³/mol. The summed E-state index contributed by atoms with van der Waals surface area (Å²) in [4.78, 5) is 18.2. The highest BCUT2D eigenvalue weighted by Crippen LogP contribution is 2.49. The van der Waals surface area contributed by atoms with Crippen LogP contribution in [-0.4, -0.2) is 24.1 Å². The average Bonchev–Trinajstić information content (AvgIpc) is 3.77. The van der Waals surface area contributed by atoms with Gasteiger partial charge in [-0.2, -0.15) is 0 Å². The van der Waals surface area contributed by atoms with Crippen molar-refractivity contribution in [1.82, 2.24) is 24.1 Å². The molecule has 0 fully saturated rings. The smallest absolute Gasteiger partial charge is 0.164 e. The first-order valence-corrected chi connectivity index (χ1v) is 19.3. The number of hydrogen-bond acceptors (Lipinski definition) is 4. The molecule has 1 aliphatic rings. The molecule has 0 N–H and O–H groups in total. The Morgan fingerprint density at radius 1 is 0.418 bits per heavy atom. The molecule has 0 bridgehead atoms. The van der Waals surface area contributed by atoms with E-state index in [0.717, 1.165) is 49.7 Å². The normalized spacial score (nSPS) is 12.3. The van der Waals surface area contributed by atoms with E-state index in [-0.39, 0.29) is 0 Å². The fourth-order valence-electron chi connectivity index (χ4n) is 8.54. The molecule has 0 atom stereocenters. The van der Waals surface area contributed by atoms with Gasteiger partial charge in [0.15, 0.2) is 17.5 Å². The SMILES string of the molecule is c1ccc(-c2nc(-c3ccc4c(c3)c3c5cccc6c5n(c3n4-c3ccccc3)-c3ccccc3S6)nc(-c3cc4ccccc4c4ccccc34)n2)cc1. The van der Waals surface area contributed by atoms with Crippen LogP contribution in [0.1, 0.15) is 0 Å². The molecule has 0 unspecified atom stereocenters. The molecule has 0 saturated carbocycles. The fourth-order valence-corrected chi connectivity index (χ4v) is 9.63. The predicted octanol–water partition coefficient (Wildman–Crippen LogP) is 12.7. The van der Waals surface area contributed by atoms with Crippen LogP contribution in [0.5, 0.6) is 0 Å². The molecule has 1 aliphatic heterocycles. The van der Waals surface area contributed by atoms with Crippen molar-refractivity contribution < 1.29 is 0 Å². The lowest BCUT2D eigenvalue weighted by molar-refractivity contribution is 1.03. The average molecular weight is 720 g/mol. The summed E-state index contributed by atoms with van der Waals surface area (Å²) in [5.41, 5.74) is 8.70. The minimum absolute atomic E-state index is 0.637. The van der Waals surface area contributed by atoms with Crippen LogP contribution in [0.2, 0.25) is 0 Å². The van der Waals surface area contributed by atoms with Gasteiger partial charge >= 0.3 is 0 Å².